The van der Waals surface area contributed by atoms with Gasteiger partial charge in [-0.25, -0.2) is 4.98 Å². The molecule has 1 aromatic heterocycles. The number of hydrogen-bond donors (Lipinski definition) is 2. The fourth-order valence-electron chi connectivity index (χ4n) is 5.96. The van der Waals surface area contributed by atoms with E-state index < -0.39 is 6.04 Å². The molecule has 0 aromatic carbocycles. The molecule has 5 nitrogen and oxygen atoms in total. The molecule has 2 N–H and O–H groups in total. The van der Waals surface area contributed by atoms with E-state index >= 15 is 0 Å². The van der Waals surface area contributed by atoms with E-state index in [1.807, 2.05) is 26.8 Å². The van der Waals surface area contributed by atoms with Crippen LogP contribution in [0.3, 0.4) is 0 Å². The lowest BCUT2D eigenvalue weighted by atomic mass is 9.49. The van der Waals surface area contributed by atoms with Crippen molar-refractivity contribution in [2.45, 2.75) is 65.3 Å². The molecule has 2 amide bonds. The summed E-state index contributed by atoms with van der Waals surface area (Å²) in [4.78, 5) is 30.4. The number of hydrogen-bond acceptors (Lipinski definition) is 3. The van der Waals surface area contributed by atoms with Crippen molar-refractivity contribution in [2.24, 2.45) is 29.1 Å². The third kappa shape index (κ3) is 3.61. The zero-order valence-corrected chi connectivity index (χ0v) is 16.6. The number of amides is 2. The molecule has 1 aromatic rings. The van der Waals surface area contributed by atoms with Crippen LogP contribution in [0.2, 0.25) is 0 Å². The van der Waals surface area contributed by atoms with Crippen LogP contribution in [0, 0.1) is 36.0 Å². The molecule has 146 valence electrons. The standard InChI is InChI=1S/C22H31N3O2/c1-13(2)19(20(26)24-18-5-4-14(3)12-23-18)25-21(27)22-9-15-6-16(10-22)8-17(7-15)11-22/h4-5,12-13,15-17,19H,6-11H2,1-3H3,(H,25,27)(H,23,24,26). The van der Waals surface area contributed by atoms with Crippen LogP contribution < -0.4 is 10.6 Å². The number of nitrogens with one attached hydrogen (secondary N) is 2. The second kappa shape index (κ2) is 6.92. The van der Waals surface area contributed by atoms with E-state index in [0.717, 1.165) is 24.8 Å². The molecule has 0 saturated heterocycles. The van der Waals surface area contributed by atoms with Crippen molar-refractivity contribution >= 4 is 17.6 Å². The van der Waals surface area contributed by atoms with Crippen molar-refractivity contribution in [1.82, 2.24) is 10.3 Å². The Bertz CT molecular complexity index is 690. The van der Waals surface area contributed by atoms with Gasteiger partial charge in [0.05, 0.1) is 0 Å². The summed E-state index contributed by atoms with van der Waals surface area (Å²) in [6, 6.07) is 3.18. The molecule has 0 spiro atoms. The Balaban J connectivity index is 1.46. The fraction of sp³-hybridized carbons (Fsp3) is 0.682. The van der Waals surface area contributed by atoms with Gasteiger partial charge in [-0.3, -0.25) is 9.59 Å². The second-order valence-corrected chi connectivity index (χ2v) is 9.60. The van der Waals surface area contributed by atoms with Crippen molar-refractivity contribution in [3.63, 3.8) is 0 Å². The van der Waals surface area contributed by atoms with Crippen LogP contribution in [-0.2, 0) is 9.59 Å². The van der Waals surface area contributed by atoms with Gasteiger partial charge in [0.1, 0.15) is 11.9 Å². The first-order chi connectivity index (χ1) is 12.8. The number of carbonyl (C=O) groups is 2. The Hall–Kier alpha value is -1.91. The van der Waals surface area contributed by atoms with Gasteiger partial charge in [-0.15, -0.1) is 0 Å². The SMILES string of the molecule is Cc1ccc(NC(=O)C(NC(=O)C23CC4CC(CC(C4)C2)C3)C(C)C)nc1. The predicted molar refractivity (Wildman–Crippen MR) is 105 cm³/mol. The molecule has 4 aliphatic carbocycles. The summed E-state index contributed by atoms with van der Waals surface area (Å²) in [5.74, 6) is 2.61. The Morgan fingerprint density at radius 1 is 1.07 bits per heavy atom. The number of carbonyl (C=O) groups excluding carboxylic acids is 2. The molecule has 5 rings (SSSR count). The Morgan fingerprint density at radius 3 is 2.15 bits per heavy atom. The molecule has 4 fully saturated rings. The summed E-state index contributed by atoms with van der Waals surface area (Å²) in [5.41, 5.74) is 0.813. The highest BCUT2D eigenvalue weighted by atomic mass is 16.2. The summed E-state index contributed by atoms with van der Waals surface area (Å²) in [5, 5.41) is 5.99. The highest BCUT2D eigenvalue weighted by Crippen LogP contribution is 2.60. The summed E-state index contributed by atoms with van der Waals surface area (Å²) >= 11 is 0. The van der Waals surface area contributed by atoms with Crippen LogP contribution in [0.15, 0.2) is 18.3 Å². The van der Waals surface area contributed by atoms with Crippen LogP contribution in [0.4, 0.5) is 5.82 Å². The van der Waals surface area contributed by atoms with Crippen LogP contribution in [0.25, 0.3) is 0 Å². The van der Waals surface area contributed by atoms with E-state index in [-0.39, 0.29) is 23.1 Å². The molecular weight excluding hydrogens is 338 g/mol. The number of anilines is 1. The van der Waals surface area contributed by atoms with E-state index in [9.17, 15) is 9.59 Å². The van der Waals surface area contributed by atoms with Crippen molar-refractivity contribution in [3.8, 4) is 0 Å². The largest absolute Gasteiger partial charge is 0.344 e. The second-order valence-electron chi connectivity index (χ2n) is 9.60. The Labute approximate surface area is 161 Å². The molecule has 1 atom stereocenters. The minimum Gasteiger partial charge on any atom is -0.344 e. The molecule has 5 heteroatoms. The quantitative estimate of drug-likeness (QED) is 0.831. The Kier molecular flexibility index (Phi) is 4.73. The van der Waals surface area contributed by atoms with Crippen molar-refractivity contribution in [3.05, 3.63) is 23.9 Å². The zero-order valence-electron chi connectivity index (χ0n) is 16.6. The van der Waals surface area contributed by atoms with Gasteiger partial charge in [-0.05, 0) is 80.8 Å². The summed E-state index contributed by atoms with van der Waals surface area (Å²) < 4.78 is 0. The number of pyridine rings is 1. The van der Waals surface area contributed by atoms with Gasteiger partial charge in [0, 0.05) is 11.6 Å². The molecule has 0 radical (unpaired) electrons. The van der Waals surface area contributed by atoms with E-state index in [2.05, 4.69) is 15.6 Å². The van der Waals surface area contributed by atoms with Gasteiger partial charge in [-0.1, -0.05) is 19.9 Å². The van der Waals surface area contributed by atoms with Crippen LogP contribution in [-0.4, -0.2) is 22.8 Å². The van der Waals surface area contributed by atoms with Gasteiger partial charge in [0.15, 0.2) is 0 Å². The molecular formula is C22H31N3O2. The first-order valence-electron chi connectivity index (χ1n) is 10.4. The van der Waals surface area contributed by atoms with Crippen LogP contribution >= 0.6 is 0 Å². The van der Waals surface area contributed by atoms with Gasteiger partial charge in [0.25, 0.3) is 0 Å². The van der Waals surface area contributed by atoms with E-state index in [0.29, 0.717) is 23.6 Å². The van der Waals surface area contributed by atoms with Crippen LogP contribution in [0.1, 0.15) is 57.9 Å². The molecule has 4 aliphatic rings. The average molecular weight is 370 g/mol. The molecule has 4 bridgehead atoms. The summed E-state index contributed by atoms with van der Waals surface area (Å²) in [6.45, 7) is 5.92. The highest BCUT2D eigenvalue weighted by Gasteiger charge is 2.55. The molecule has 1 unspecified atom stereocenters. The average Bonchev–Trinajstić information content (AvgIpc) is 2.59. The number of nitrogens with zero attached hydrogens (tertiary/aromatic N) is 1. The zero-order chi connectivity index (χ0) is 19.2. The maximum absolute atomic E-state index is 13.3. The smallest absolute Gasteiger partial charge is 0.248 e. The molecule has 27 heavy (non-hydrogen) atoms. The summed E-state index contributed by atoms with van der Waals surface area (Å²) in [7, 11) is 0. The van der Waals surface area contributed by atoms with E-state index in [1.165, 1.54) is 19.3 Å². The maximum Gasteiger partial charge on any atom is 0.248 e. The van der Waals surface area contributed by atoms with Crippen molar-refractivity contribution < 1.29 is 9.59 Å². The number of rotatable bonds is 5. The Morgan fingerprint density at radius 2 is 1.67 bits per heavy atom. The lowest BCUT2D eigenvalue weighted by Crippen LogP contribution is -2.57. The molecule has 4 saturated carbocycles. The van der Waals surface area contributed by atoms with Crippen molar-refractivity contribution in [1.29, 1.82) is 0 Å². The highest BCUT2D eigenvalue weighted by molar-refractivity contribution is 5.97. The number of aromatic nitrogens is 1. The first-order valence-corrected chi connectivity index (χ1v) is 10.4. The molecule has 0 aliphatic heterocycles. The van der Waals surface area contributed by atoms with Gasteiger partial charge in [0.2, 0.25) is 11.8 Å². The minimum absolute atomic E-state index is 0.0216. The van der Waals surface area contributed by atoms with Gasteiger partial charge < -0.3 is 10.6 Å². The lowest BCUT2D eigenvalue weighted by molar-refractivity contribution is -0.148. The third-order valence-corrected chi connectivity index (χ3v) is 6.92. The number of aryl methyl sites for hydroxylation is 1. The summed E-state index contributed by atoms with van der Waals surface area (Å²) in [6.07, 6.45) is 8.68. The molecule has 1 heterocycles. The normalized spacial score (nSPS) is 32.4. The van der Waals surface area contributed by atoms with E-state index in [1.54, 1.807) is 12.3 Å². The van der Waals surface area contributed by atoms with Gasteiger partial charge >= 0.3 is 0 Å². The fourth-order valence-corrected chi connectivity index (χ4v) is 5.96. The van der Waals surface area contributed by atoms with Crippen LogP contribution in [0.5, 0.6) is 0 Å². The van der Waals surface area contributed by atoms with E-state index in [4.69, 9.17) is 0 Å². The van der Waals surface area contributed by atoms with Crippen molar-refractivity contribution in [2.75, 3.05) is 5.32 Å². The lowest BCUT2D eigenvalue weighted by Gasteiger charge is -2.55. The third-order valence-electron chi connectivity index (χ3n) is 6.92. The maximum atomic E-state index is 13.3. The topological polar surface area (TPSA) is 71.1 Å². The predicted octanol–water partition coefficient (Wildman–Crippen LogP) is 3.69. The monoisotopic (exact) mass is 369 g/mol. The minimum atomic E-state index is -0.534. The van der Waals surface area contributed by atoms with Gasteiger partial charge in [-0.2, -0.15) is 0 Å². The first kappa shape index (κ1) is 18.5.